The molecule has 0 aliphatic carbocycles. The minimum Gasteiger partial charge on any atom is -0.497 e. The molecule has 0 bridgehead atoms. The van der Waals surface area contributed by atoms with Crippen LogP contribution in [-0.4, -0.2) is 46.9 Å². The molecule has 1 saturated heterocycles. The van der Waals surface area contributed by atoms with E-state index in [2.05, 4.69) is 32.1 Å². The molecule has 2 aliphatic heterocycles. The number of H-pyrrole nitrogens is 1. The van der Waals surface area contributed by atoms with Crippen LogP contribution in [0.2, 0.25) is 0 Å². The molecule has 3 aromatic rings. The summed E-state index contributed by atoms with van der Waals surface area (Å²) < 4.78 is 5.28. The Bertz CT molecular complexity index is 945. The van der Waals surface area contributed by atoms with Crippen LogP contribution in [0.25, 0.3) is 11.0 Å². The zero-order chi connectivity index (χ0) is 18.2. The number of aromatic nitrogens is 4. The van der Waals surface area contributed by atoms with E-state index in [0.717, 1.165) is 73.3 Å². The van der Waals surface area contributed by atoms with Gasteiger partial charge < -0.3 is 14.5 Å². The number of ether oxygens (including phenoxy) is 1. The zero-order valence-electron chi connectivity index (χ0n) is 15.6. The number of aryl methyl sites for hydroxylation is 1. The summed E-state index contributed by atoms with van der Waals surface area (Å²) in [7, 11) is 1.70. The third-order valence-electron chi connectivity index (χ3n) is 5.53. The standard InChI is InChI=1S/C20H24N6O/c1-27-15-8-6-14(7-9-15)13-26-12-4-5-16-17-18(24-23-16)21-20(22-19(17)26)25-10-2-3-11-25/h6-9H,2-5,10-13H2,1H3,(H,21,22,23,24). The number of nitrogens with zero attached hydrogens (tertiary/aromatic N) is 5. The van der Waals surface area contributed by atoms with Gasteiger partial charge in [0.05, 0.1) is 12.5 Å². The smallest absolute Gasteiger partial charge is 0.229 e. The van der Waals surface area contributed by atoms with Crippen molar-refractivity contribution in [3.8, 4) is 5.75 Å². The largest absolute Gasteiger partial charge is 0.497 e. The molecule has 7 heteroatoms. The van der Waals surface area contributed by atoms with Gasteiger partial charge in [-0.25, -0.2) is 0 Å². The van der Waals surface area contributed by atoms with Crippen molar-refractivity contribution in [3.05, 3.63) is 35.5 Å². The third-order valence-corrected chi connectivity index (χ3v) is 5.53. The monoisotopic (exact) mass is 364 g/mol. The van der Waals surface area contributed by atoms with E-state index >= 15 is 0 Å². The average molecular weight is 364 g/mol. The second-order valence-electron chi connectivity index (χ2n) is 7.32. The third kappa shape index (κ3) is 2.97. The van der Waals surface area contributed by atoms with Crippen molar-refractivity contribution >= 4 is 22.8 Å². The highest BCUT2D eigenvalue weighted by molar-refractivity contribution is 5.91. The van der Waals surface area contributed by atoms with Crippen LogP contribution >= 0.6 is 0 Å². The van der Waals surface area contributed by atoms with Crippen LogP contribution in [0.15, 0.2) is 24.3 Å². The normalized spacial score (nSPS) is 16.8. The lowest BCUT2D eigenvalue weighted by molar-refractivity contribution is 0.414. The average Bonchev–Trinajstić information content (AvgIpc) is 3.34. The number of nitrogens with one attached hydrogen (secondary N) is 1. The number of benzene rings is 1. The van der Waals surface area contributed by atoms with Gasteiger partial charge in [-0.05, 0) is 43.4 Å². The molecule has 27 heavy (non-hydrogen) atoms. The zero-order valence-corrected chi connectivity index (χ0v) is 15.6. The Labute approximate surface area is 158 Å². The molecule has 0 unspecified atom stereocenters. The summed E-state index contributed by atoms with van der Waals surface area (Å²) >= 11 is 0. The molecular weight excluding hydrogens is 340 g/mol. The molecule has 0 spiro atoms. The van der Waals surface area contributed by atoms with E-state index in [-0.39, 0.29) is 0 Å². The Hall–Kier alpha value is -2.83. The van der Waals surface area contributed by atoms with Gasteiger partial charge in [0, 0.05) is 31.9 Å². The van der Waals surface area contributed by atoms with Gasteiger partial charge in [0.2, 0.25) is 5.95 Å². The maximum absolute atomic E-state index is 5.28. The molecule has 5 rings (SSSR count). The van der Waals surface area contributed by atoms with Gasteiger partial charge in [0.1, 0.15) is 11.6 Å². The van der Waals surface area contributed by atoms with Crippen molar-refractivity contribution in [1.82, 2.24) is 20.2 Å². The van der Waals surface area contributed by atoms with E-state index in [1.54, 1.807) is 7.11 Å². The van der Waals surface area contributed by atoms with E-state index in [9.17, 15) is 0 Å². The van der Waals surface area contributed by atoms with Crippen molar-refractivity contribution in [3.63, 3.8) is 0 Å². The van der Waals surface area contributed by atoms with Crippen LogP contribution in [0, 0.1) is 0 Å². The van der Waals surface area contributed by atoms with Gasteiger partial charge in [0.15, 0.2) is 5.65 Å². The van der Waals surface area contributed by atoms with Crippen LogP contribution in [0.1, 0.15) is 30.5 Å². The predicted molar refractivity (Wildman–Crippen MR) is 105 cm³/mol. The number of hydrogen-bond acceptors (Lipinski definition) is 6. The molecule has 0 amide bonds. The number of hydrogen-bond donors (Lipinski definition) is 1. The number of rotatable bonds is 4. The molecule has 0 radical (unpaired) electrons. The molecule has 2 aliphatic rings. The fourth-order valence-electron chi connectivity index (χ4n) is 4.08. The molecule has 1 fully saturated rings. The first-order valence-corrected chi connectivity index (χ1v) is 9.69. The van der Waals surface area contributed by atoms with Crippen molar-refractivity contribution < 1.29 is 4.74 Å². The molecule has 1 N–H and O–H groups in total. The summed E-state index contributed by atoms with van der Waals surface area (Å²) in [5.41, 5.74) is 3.20. The van der Waals surface area contributed by atoms with Crippen molar-refractivity contribution in [2.75, 3.05) is 36.5 Å². The Morgan fingerprint density at radius 1 is 1.04 bits per heavy atom. The Morgan fingerprint density at radius 3 is 2.63 bits per heavy atom. The molecule has 7 nitrogen and oxygen atoms in total. The molecule has 0 saturated carbocycles. The lowest BCUT2D eigenvalue weighted by atomic mass is 10.2. The van der Waals surface area contributed by atoms with Gasteiger partial charge >= 0.3 is 0 Å². The highest BCUT2D eigenvalue weighted by Gasteiger charge is 2.25. The lowest BCUT2D eigenvalue weighted by Gasteiger charge is -2.25. The topological polar surface area (TPSA) is 70.2 Å². The van der Waals surface area contributed by atoms with Gasteiger partial charge in [-0.15, -0.1) is 0 Å². The SMILES string of the molecule is COc1ccc(CN2CCCc3[nH]nc4nc(N5CCCC5)nc2c34)cc1. The predicted octanol–water partition coefficient (Wildman–Crippen LogP) is 2.91. The maximum Gasteiger partial charge on any atom is 0.229 e. The van der Waals surface area contributed by atoms with Gasteiger partial charge in [-0.3, -0.25) is 5.10 Å². The summed E-state index contributed by atoms with van der Waals surface area (Å²) in [6, 6.07) is 8.28. The fraction of sp³-hybridized carbons (Fsp3) is 0.450. The minimum absolute atomic E-state index is 0.790. The summed E-state index contributed by atoms with van der Waals surface area (Å²) in [6.07, 6.45) is 4.47. The van der Waals surface area contributed by atoms with Crippen LogP contribution in [0.5, 0.6) is 5.75 Å². The van der Waals surface area contributed by atoms with E-state index in [0.29, 0.717) is 0 Å². The molecule has 0 atom stereocenters. The first-order chi connectivity index (χ1) is 13.3. The van der Waals surface area contributed by atoms with Crippen molar-refractivity contribution in [1.29, 1.82) is 0 Å². The molecule has 1 aromatic carbocycles. The van der Waals surface area contributed by atoms with Crippen LogP contribution in [0.4, 0.5) is 11.8 Å². The molecule has 140 valence electrons. The van der Waals surface area contributed by atoms with Crippen LogP contribution in [-0.2, 0) is 13.0 Å². The molecular formula is C20H24N6O. The van der Waals surface area contributed by atoms with Crippen LogP contribution in [0.3, 0.4) is 0 Å². The van der Waals surface area contributed by atoms with Crippen LogP contribution < -0.4 is 14.5 Å². The number of anilines is 2. The van der Waals surface area contributed by atoms with E-state index < -0.39 is 0 Å². The first-order valence-electron chi connectivity index (χ1n) is 9.69. The summed E-state index contributed by atoms with van der Waals surface area (Å²) in [4.78, 5) is 14.4. The number of methoxy groups -OCH3 is 1. The van der Waals surface area contributed by atoms with Gasteiger partial charge in [-0.1, -0.05) is 12.1 Å². The Balaban J connectivity index is 1.55. The van der Waals surface area contributed by atoms with Gasteiger partial charge in [-0.2, -0.15) is 15.1 Å². The van der Waals surface area contributed by atoms with E-state index in [4.69, 9.17) is 14.7 Å². The van der Waals surface area contributed by atoms with E-state index in [1.165, 1.54) is 18.4 Å². The number of aromatic amines is 1. The maximum atomic E-state index is 5.28. The van der Waals surface area contributed by atoms with Crippen molar-refractivity contribution in [2.45, 2.75) is 32.2 Å². The molecule has 4 heterocycles. The van der Waals surface area contributed by atoms with Crippen molar-refractivity contribution in [2.24, 2.45) is 0 Å². The fourth-order valence-corrected chi connectivity index (χ4v) is 4.08. The molecule has 2 aromatic heterocycles. The Morgan fingerprint density at radius 2 is 1.85 bits per heavy atom. The lowest BCUT2D eigenvalue weighted by Crippen LogP contribution is -2.26. The second-order valence-corrected chi connectivity index (χ2v) is 7.32. The highest BCUT2D eigenvalue weighted by atomic mass is 16.5. The Kier molecular flexibility index (Phi) is 4.07. The summed E-state index contributed by atoms with van der Waals surface area (Å²) in [5, 5.41) is 8.77. The quantitative estimate of drug-likeness (QED) is 0.768. The summed E-state index contributed by atoms with van der Waals surface area (Å²) in [6.45, 7) is 3.85. The minimum atomic E-state index is 0.790. The van der Waals surface area contributed by atoms with E-state index in [1.807, 2.05) is 12.1 Å². The van der Waals surface area contributed by atoms with Gasteiger partial charge in [0.25, 0.3) is 0 Å². The second kappa shape index (κ2) is 6.72. The highest BCUT2D eigenvalue weighted by Crippen LogP contribution is 2.33. The summed E-state index contributed by atoms with van der Waals surface area (Å²) in [5.74, 6) is 2.71. The first kappa shape index (κ1) is 16.4.